The molecule has 4 aliphatic rings. The van der Waals surface area contributed by atoms with Gasteiger partial charge in [0.15, 0.2) is 0 Å². The average Bonchev–Trinajstić information content (AvgIpc) is 2.96. The molecule has 32 heavy (non-hydrogen) atoms. The molecule has 4 bridgehead atoms. The molecule has 0 saturated heterocycles. The van der Waals surface area contributed by atoms with Crippen molar-refractivity contribution >= 4 is 17.6 Å². The Bertz CT molecular complexity index is 988. The molecular formula is C27H35ClN2O2. The van der Waals surface area contributed by atoms with E-state index >= 15 is 0 Å². The Hall–Kier alpha value is -1.78. The first-order valence-corrected chi connectivity index (χ1v) is 12.5. The van der Waals surface area contributed by atoms with Crippen LogP contribution in [0.2, 0.25) is 5.02 Å². The van der Waals surface area contributed by atoms with Gasteiger partial charge in [0.05, 0.1) is 5.56 Å². The standard InChI is InChI=1S/C27H35ClN2O2/c1-16-24(14-29-18(3)27-11-20-8-21(12-27)10-22(9-20)13-27)25(26(31)32)17(2)30(16)15-19-4-6-23(28)7-5-19/h4-7,18,20-22,29H,8-15H2,1-3H3,(H,31,32)/t18-,20?,21?,22?,27?/m0/s1. The molecule has 4 aliphatic carbocycles. The van der Waals surface area contributed by atoms with Gasteiger partial charge in [0.1, 0.15) is 0 Å². The molecule has 4 saturated carbocycles. The SMILES string of the molecule is Cc1c(CN[C@@H](C)C23CC4CC(CC(C4)C2)C3)c(C(=O)O)c(C)n1Cc1ccc(Cl)cc1. The van der Waals surface area contributed by atoms with E-state index in [0.717, 1.165) is 40.3 Å². The third kappa shape index (κ3) is 3.80. The second-order valence-corrected chi connectivity index (χ2v) is 11.4. The summed E-state index contributed by atoms with van der Waals surface area (Å²) in [6, 6.07) is 8.21. The van der Waals surface area contributed by atoms with Gasteiger partial charge in [-0.15, -0.1) is 0 Å². The maximum atomic E-state index is 12.2. The number of carbonyl (C=O) groups is 1. The summed E-state index contributed by atoms with van der Waals surface area (Å²) in [5.41, 5.74) is 4.79. The zero-order valence-electron chi connectivity index (χ0n) is 19.5. The van der Waals surface area contributed by atoms with Crippen LogP contribution in [-0.2, 0) is 13.1 Å². The van der Waals surface area contributed by atoms with E-state index in [1.807, 2.05) is 31.2 Å². The Labute approximate surface area is 196 Å². The van der Waals surface area contributed by atoms with E-state index in [9.17, 15) is 9.90 Å². The number of carboxylic acids is 1. The molecule has 4 nitrogen and oxygen atoms in total. The Kier molecular flexibility index (Phi) is 5.66. The molecule has 1 aromatic carbocycles. The number of aromatic carboxylic acids is 1. The molecule has 0 radical (unpaired) electrons. The molecule has 1 aromatic heterocycles. The Morgan fingerprint density at radius 1 is 1.09 bits per heavy atom. The number of nitrogens with one attached hydrogen (secondary N) is 1. The number of carboxylic acid groups (broad SMARTS) is 1. The van der Waals surface area contributed by atoms with Gasteiger partial charge < -0.3 is 15.0 Å². The van der Waals surface area contributed by atoms with Gasteiger partial charge >= 0.3 is 5.97 Å². The fourth-order valence-electron chi connectivity index (χ4n) is 7.64. The lowest BCUT2D eigenvalue weighted by molar-refractivity contribution is -0.0706. The lowest BCUT2D eigenvalue weighted by atomic mass is 9.48. The van der Waals surface area contributed by atoms with Crippen molar-refractivity contribution in [2.24, 2.45) is 23.2 Å². The molecule has 0 unspecified atom stereocenters. The fraction of sp³-hybridized carbons (Fsp3) is 0.593. The van der Waals surface area contributed by atoms with Gasteiger partial charge in [0.2, 0.25) is 0 Å². The van der Waals surface area contributed by atoms with Gasteiger partial charge in [-0.3, -0.25) is 0 Å². The average molecular weight is 455 g/mol. The minimum atomic E-state index is -0.834. The van der Waals surface area contributed by atoms with Crippen LogP contribution in [0.3, 0.4) is 0 Å². The molecule has 6 rings (SSSR count). The second kappa shape index (κ2) is 8.22. The van der Waals surface area contributed by atoms with Gasteiger partial charge in [-0.1, -0.05) is 23.7 Å². The van der Waals surface area contributed by atoms with Gasteiger partial charge in [-0.2, -0.15) is 0 Å². The summed E-state index contributed by atoms with van der Waals surface area (Å²) >= 11 is 6.04. The topological polar surface area (TPSA) is 54.3 Å². The van der Waals surface area contributed by atoms with Crippen LogP contribution in [0.1, 0.15) is 78.3 Å². The molecule has 0 aliphatic heterocycles. The van der Waals surface area contributed by atoms with Crippen molar-refractivity contribution in [2.45, 2.75) is 78.4 Å². The summed E-state index contributed by atoms with van der Waals surface area (Å²) in [6.45, 7) is 7.60. The normalized spacial score (nSPS) is 29.4. The molecule has 4 fully saturated rings. The minimum absolute atomic E-state index is 0.410. The van der Waals surface area contributed by atoms with Crippen molar-refractivity contribution in [1.82, 2.24) is 9.88 Å². The van der Waals surface area contributed by atoms with Crippen LogP contribution in [0.5, 0.6) is 0 Å². The van der Waals surface area contributed by atoms with Crippen molar-refractivity contribution in [3.8, 4) is 0 Å². The van der Waals surface area contributed by atoms with Crippen LogP contribution >= 0.6 is 11.6 Å². The maximum Gasteiger partial charge on any atom is 0.337 e. The summed E-state index contributed by atoms with van der Waals surface area (Å²) < 4.78 is 2.14. The molecule has 1 atom stereocenters. The summed E-state index contributed by atoms with van der Waals surface area (Å²) in [7, 11) is 0. The third-order valence-electron chi connectivity index (χ3n) is 8.97. The molecule has 0 amide bonds. The van der Waals surface area contributed by atoms with Crippen LogP contribution in [-0.4, -0.2) is 21.7 Å². The van der Waals surface area contributed by atoms with E-state index in [-0.39, 0.29) is 0 Å². The molecule has 2 aromatic rings. The molecule has 1 heterocycles. The van der Waals surface area contributed by atoms with Crippen molar-refractivity contribution in [3.63, 3.8) is 0 Å². The first-order valence-electron chi connectivity index (χ1n) is 12.2. The highest BCUT2D eigenvalue weighted by atomic mass is 35.5. The van der Waals surface area contributed by atoms with Crippen LogP contribution in [0, 0.1) is 37.0 Å². The summed E-state index contributed by atoms with van der Waals surface area (Å²) in [6.07, 6.45) is 8.40. The first kappa shape index (κ1) is 22.0. The van der Waals surface area contributed by atoms with E-state index in [0.29, 0.717) is 35.1 Å². The zero-order chi connectivity index (χ0) is 22.6. The fourth-order valence-corrected chi connectivity index (χ4v) is 7.76. The summed E-state index contributed by atoms with van der Waals surface area (Å²) in [5, 5.41) is 14.5. The highest BCUT2D eigenvalue weighted by Crippen LogP contribution is 2.61. The molecule has 5 heteroatoms. The smallest absolute Gasteiger partial charge is 0.337 e. The second-order valence-electron chi connectivity index (χ2n) is 10.9. The number of nitrogens with zero attached hydrogens (tertiary/aromatic N) is 1. The van der Waals surface area contributed by atoms with Crippen LogP contribution < -0.4 is 5.32 Å². The number of aromatic nitrogens is 1. The number of rotatable bonds is 7. The van der Waals surface area contributed by atoms with Crippen LogP contribution in [0.15, 0.2) is 24.3 Å². The predicted octanol–water partition coefficient (Wildman–Crippen LogP) is 6.20. The van der Waals surface area contributed by atoms with E-state index < -0.39 is 5.97 Å². The zero-order valence-corrected chi connectivity index (χ0v) is 20.2. The highest BCUT2D eigenvalue weighted by Gasteiger charge is 2.53. The van der Waals surface area contributed by atoms with E-state index in [4.69, 9.17) is 11.6 Å². The maximum absolute atomic E-state index is 12.2. The monoisotopic (exact) mass is 454 g/mol. The quantitative estimate of drug-likeness (QED) is 0.523. The Morgan fingerprint density at radius 2 is 1.66 bits per heavy atom. The van der Waals surface area contributed by atoms with Gasteiger partial charge in [0.25, 0.3) is 0 Å². The number of benzene rings is 1. The number of hydrogen-bond donors (Lipinski definition) is 2. The van der Waals surface area contributed by atoms with Crippen molar-refractivity contribution in [2.75, 3.05) is 0 Å². The van der Waals surface area contributed by atoms with E-state index in [1.54, 1.807) is 0 Å². The third-order valence-corrected chi connectivity index (χ3v) is 9.22. The van der Waals surface area contributed by atoms with E-state index in [1.165, 1.54) is 38.5 Å². The highest BCUT2D eigenvalue weighted by molar-refractivity contribution is 6.30. The van der Waals surface area contributed by atoms with Crippen molar-refractivity contribution in [3.05, 3.63) is 57.4 Å². The van der Waals surface area contributed by atoms with Gasteiger partial charge in [-0.25, -0.2) is 4.79 Å². The van der Waals surface area contributed by atoms with Crippen LogP contribution in [0.25, 0.3) is 0 Å². The van der Waals surface area contributed by atoms with Crippen LogP contribution in [0.4, 0.5) is 0 Å². The minimum Gasteiger partial charge on any atom is -0.478 e. The van der Waals surface area contributed by atoms with Crippen molar-refractivity contribution < 1.29 is 9.90 Å². The first-order chi connectivity index (χ1) is 15.3. The number of hydrogen-bond acceptors (Lipinski definition) is 2. The molecule has 0 spiro atoms. The molecular weight excluding hydrogens is 420 g/mol. The van der Waals surface area contributed by atoms with Gasteiger partial charge in [-0.05, 0) is 100 Å². The van der Waals surface area contributed by atoms with Gasteiger partial charge in [0, 0.05) is 41.1 Å². The molecule has 172 valence electrons. The Balaban J connectivity index is 1.37. The predicted molar refractivity (Wildman–Crippen MR) is 128 cm³/mol. The lowest BCUT2D eigenvalue weighted by Crippen LogP contribution is -2.54. The summed E-state index contributed by atoms with van der Waals surface area (Å²) in [4.78, 5) is 12.2. The lowest BCUT2D eigenvalue weighted by Gasteiger charge is -2.59. The van der Waals surface area contributed by atoms with E-state index in [2.05, 4.69) is 23.7 Å². The summed E-state index contributed by atoms with van der Waals surface area (Å²) in [5.74, 6) is 1.93. The van der Waals surface area contributed by atoms with Crippen molar-refractivity contribution in [1.29, 1.82) is 0 Å². The number of halogens is 1. The largest absolute Gasteiger partial charge is 0.478 e. The Morgan fingerprint density at radius 3 is 2.19 bits per heavy atom. The molecule has 2 N–H and O–H groups in total.